The molecule has 0 spiro atoms. The number of benzene rings is 2. The highest BCUT2D eigenvalue weighted by Gasteiger charge is 2.20. The molecule has 2 aromatic carbocycles. The van der Waals surface area contributed by atoms with Crippen molar-refractivity contribution in [1.82, 2.24) is 4.90 Å². The zero-order valence-electron chi connectivity index (χ0n) is 12.1. The summed E-state index contributed by atoms with van der Waals surface area (Å²) < 4.78 is 1.04. The molecule has 1 N–H and O–H groups in total. The molecule has 1 heterocycles. The van der Waals surface area contributed by atoms with E-state index in [2.05, 4.69) is 34.2 Å². The van der Waals surface area contributed by atoms with Gasteiger partial charge in [-0.1, -0.05) is 47.1 Å². The van der Waals surface area contributed by atoms with Gasteiger partial charge in [-0.3, -0.25) is 0 Å². The van der Waals surface area contributed by atoms with Gasteiger partial charge in [0.05, 0.1) is 5.69 Å². The number of rotatable bonds is 1. The van der Waals surface area contributed by atoms with Gasteiger partial charge in [-0.2, -0.15) is 0 Å². The highest BCUT2D eigenvalue weighted by Crippen LogP contribution is 2.30. The van der Waals surface area contributed by atoms with E-state index in [1.54, 1.807) is 0 Å². The van der Waals surface area contributed by atoms with Crippen LogP contribution in [0.25, 0.3) is 10.8 Å². The van der Waals surface area contributed by atoms with Gasteiger partial charge in [0.25, 0.3) is 0 Å². The van der Waals surface area contributed by atoms with Gasteiger partial charge in [0, 0.05) is 22.9 Å². The van der Waals surface area contributed by atoms with E-state index < -0.39 is 0 Å². The fourth-order valence-electron chi connectivity index (χ4n) is 2.78. The Bertz CT molecular complexity index is 663. The molecule has 0 radical (unpaired) electrons. The number of halogens is 1. The maximum Gasteiger partial charge on any atom is 0.321 e. The Labute approximate surface area is 133 Å². The Balaban J connectivity index is 1.82. The maximum atomic E-state index is 12.4. The van der Waals surface area contributed by atoms with E-state index in [9.17, 15) is 4.79 Å². The molecule has 0 bridgehead atoms. The molecule has 0 aromatic heterocycles. The van der Waals surface area contributed by atoms with E-state index in [1.807, 2.05) is 35.2 Å². The number of fused-ring (bicyclic) bond motifs is 1. The summed E-state index contributed by atoms with van der Waals surface area (Å²) in [5, 5.41) is 5.24. The van der Waals surface area contributed by atoms with Gasteiger partial charge in [-0.15, -0.1) is 0 Å². The van der Waals surface area contributed by atoms with Crippen LogP contribution in [0, 0.1) is 5.92 Å². The predicted molar refractivity (Wildman–Crippen MR) is 90.6 cm³/mol. The molecule has 0 unspecified atom stereocenters. The SMILES string of the molecule is CC1CCN(C(=O)Nc2ccc(Br)c3ccccc23)CC1. The third-order valence-corrected chi connectivity index (χ3v) is 4.87. The Hall–Kier alpha value is -1.55. The minimum absolute atomic E-state index is 0.00868. The lowest BCUT2D eigenvalue weighted by atomic mass is 10.00. The second kappa shape index (κ2) is 6.06. The lowest BCUT2D eigenvalue weighted by molar-refractivity contribution is 0.186. The minimum Gasteiger partial charge on any atom is -0.325 e. The van der Waals surface area contributed by atoms with Crippen molar-refractivity contribution >= 4 is 38.4 Å². The average molecular weight is 347 g/mol. The van der Waals surface area contributed by atoms with Crippen LogP contribution >= 0.6 is 15.9 Å². The highest BCUT2D eigenvalue weighted by atomic mass is 79.9. The van der Waals surface area contributed by atoms with Crippen LogP contribution in [0.3, 0.4) is 0 Å². The molecule has 21 heavy (non-hydrogen) atoms. The zero-order valence-corrected chi connectivity index (χ0v) is 13.7. The van der Waals surface area contributed by atoms with Crippen LogP contribution in [0.4, 0.5) is 10.5 Å². The normalized spacial score (nSPS) is 16.2. The van der Waals surface area contributed by atoms with Crippen molar-refractivity contribution in [2.24, 2.45) is 5.92 Å². The Morgan fingerprint density at radius 3 is 2.52 bits per heavy atom. The number of hydrogen-bond donors (Lipinski definition) is 1. The van der Waals surface area contributed by atoms with Crippen LogP contribution in [0.1, 0.15) is 19.8 Å². The molecule has 0 atom stereocenters. The van der Waals surface area contributed by atoms with Crippen molar-refractivity contribution in [3.05, 3.63) is 40.9 Å². The fourth-order valence-corrected chi connectivity index (χ4v) is 3.26. The Morgan fingerprint density at radius 2 is 1.81 bits per heavy atom. The molecule has 4 heteroatoms. The molecule has 3 rings (SSSR count). The number of nitrogens with zero attached hydrogens (tertiary/aromatic N) is 1. The summed E-state index contributed by atoms with van der Waals surface area (Å²) in [6.45, 7) is 3.94. The van der Waals surface area contributed by atoms with E-state index in [1.165, 1.54) is 0 Å². The second-order valence-electron chi connectivity index (χ2n) is 5.74. The van der Waals surface area contributed by atoms with E-state index in [4.69, 9.17) is 0 Å². The van der Waals surface area contributed by atoms with Crippen molar-refractivity contribution < 1.29 is 4.79 Å². The highest BCUT2D eigenvalue weighted by molar-refractivity contribution is 9.10. The molecule has 1 fully saturated rings. The standard InChI is InChI=1S/C17H19BrN2O/c1-12-8-10-20(11-9-12)17(21)19-16-7-6-15(18)13-4-2-3-5-14(13)16/h2-7,12H,8-11H2,1H3,(H,19,21). The lowest BCUT2D eigenvalue weighted by Gasteiger charge is -2.30. The summed E-state index contributed by atoms with van der Waals surface area (Å²) in [5.41, 5.74) is 0.873. The molecular weight excluding hydrogens is 328 g/mol. The van der Waals surface area contributed by atoms with Crippen molar-refractivity contribution in [2.75, 3.05) is 18.4 Å². The molecule has 1 aliphatic heterocycles. The summed E-state index contributed by atoms with van der Waals surface area (Å²) in [7, 11) is 0. The average Bonchev–Trinajstić information content (AvgIpc) is 2.51. The molecule has 1 saturated heterocycles. The molecule has 1 aliphatic rings. The summed E-state index contributed by atoms with van der Waals surface area (Å²) in [6, 6.07) is 12.0. The van der Waals surface area contributed by atoms with Crippen LogP contribution in [0.2, 0.25) is 0 Å². The number of amides is 2. The van der Waals surface area contributed by atoms with Crippen LogP contribution in [-0.4, -0.2) is 24.0 Å². The van der Waals surface area contributed by atoms with Gasteiger partial charge in [-0.05, 0) is 36.3 Å². The smallest absolute Gasteiger partial charge is 0.321 e. The number of likely N-dealkylation sites (tertiary alicyclic amines) is 1. The minimum atomic E-state index is 0.00868. The summed E-state index contributed by atoms with van der Waals surface area (Å²) in [4.78, 5) is 14.3. The van der Waals surface area contributed by atoms with Gasteiger partial charge >= 0.3 is 6.03 Å². The summed E-state index contributed by atoms with van der Waals surface area (Å²) in [5.74, 6) is 0.725. The molecule has 3 nitrogen and oxygen atoms in total. The topological polar surface area (TPSA) is 32.3 Å². The number of carbonyl (C=O) groups excluding carboxylic acids is 1. The third-order valence-electron chi connectivity index (χ3n) is 4.18. The predicted octanol–water partition coefficient (Wildman–Crippen LogP) is 4.87. The number of nitrogens with one attached hydrogen (secondary N) is 1. The van der Waals surface area contributed by atoms with E-state index in [0.29, 0.717) is 0 Å². The summed E-state index contributed by atoms with van der Waals surface area (Å²) in [6.07, 6.45) is 2.18. The van der Waals surface area contributed by atoms with E-state index >= 15 is 0 Å². The number of piperidine rings is 1. The van der Waals surface area contributed by atoms with Gasteiger partial charge in [0.1, 0.15) is 0 Å². The van der Waals surface area contributed by atoms with Crippen LogP contribution in [0.15, 0.2) is 40.9 Å². The number of hydrogen-bond acceptors (Lipinski definition) is 1. The van der Waals surface area contributed by atoms with Gasteiger partial charge in [-0.25, -0.2) is 4.79 Å². The quantitative estimate of drug-likeness (QED) is 0.785. The van der Waals surface area contributed by atoms with Crippen LogP contribution in [0.5, 0.6) is 0 Å². The van der Waals surface area contributed by atoms with Crippen molar-refractivity contribution in [1.29, 1.82) is 0 Å². The fraction of sp³-hybridized carbons (Fsp3) is 0.353. The van der Waals surface area contributed by atoms with Gasteiger partial charge in [0.2, 0.25) is 0 Å². The van der Waals surface area contributed by atoms with E-state index in [0.717, 1.165) is 52.8 Å². The van der Waals surface area contributed by atoms with Crippen LogP contribution < -0.4 is 5.32 Å². The number of anilines is 1. The van der Waals surface area contributed by atoms with Crippen molar-refractivity contribution in [2.45, 2.75) is 19.8 Å². The molecule has 0 aliphatic carbocycles. The van der Waals surface area contributed by atoms with E-state index in [-0.39, 0.29) is 6.03 Å². The molecule has 2 aromatic rings. The molecule has 0 saturated carbocycles. The Kier molecular flexibility index (Phi) is 4.15. The number of carbonyl (C=O) groups is 1. The van der Waals surface area contributed by atoms with Crippen LogP contribution in [-0.2, 0) is 0 Å². The molecule has 2 amide bonds. The largest absolute Gasteiger partial charge is 0.325 e. The first-order chi connectivity index (χ1) is 10.1. The first kappa shape index (κ1) is 14.4. The maximum absolute atomic E-state index is 12.4. The zero-order chi connectivity index (χ0) is 14.8. The first-order valence-electron chi connectivity index (χ1n) is 7.38. The lowest BCUT2D eigenvalue weighted by Crippen LogP contribution is -2.40. The Morgan fingerprint density at radius 1 is 1.14 bits per heavy atom. The molecular formula is C17H19BrN2O. The monoisotopic (exact) mass is 346 g/mol. The van der Waals surface area contributed by atoms with Crippen molar-refractivity contribution in [3.8, 4) is 0 Å². The van der Waals surface area contributed by atoms with Gasteiger partial charge < -0.3 is 10.2 Å². The second-order valence-corrected chi connectivity index (χ2v) is 6.59. The number of urea groups is 1. The molecule has 110 valence electrons. The third kappa shape index (κ3) is 3.05. The summed E-state index contributed by atoms with van der Waals surface area (Å²) >= 11 is 3.56. The first-order valence-corrected chi connectivity index (χ1v) is 8.17. The van der Waals surface area contributed by atoms with Crippen molar-refractivity contribution in [3.63, 3.8) is 0 Å². The van der Waals surface area contributed by atoms with Gasteiger partial charge in [0.15, 0.2) is 0 Å².